The Morgan fingerprint density at radius 3 is 1.64 bits per heavy atom. The molecule has 12 nitrogen and oxygen atoms in total. The highest BCUT2D eigenvalue weighted by molar-refractivity contribution is 9.11. The van der Waals surface area contributed by atoms with Gasteiger partial charge in [-0.3, -0.25) is 24.0 Å². The van der Waals surface area contributed by atoms with Gasteiger partial charge in [-0.25, -0.2) is 25.0 Å². The Bertz CT molecular complexity index is 2610. The summed E-state index contributed by atoms with van der Waals surface area (Å²) in [6.07, 6.45) is 6.07. The Morgan fingerprint density at radius 1 is 0.679 bits per heavy atom. The molecule has 0 fully saturated rings. The molecule has 0 saturated heterocycles. The highest BCUT2D eigenvalue weighted by Gasteiger charge is 2.21. The molecule has 0 saturated carbocycles. The van der Waals surface area contributed by atoms with Crippen LogP contribution in [0.25, 0.3) is 21.8 Å². The summed E-state index contributed by atoms with van der Waals surface area (Å²) >= 11 is 9.96. The van der Waals surface area contributed by atoms with Crippen molar-refractivity contribution in [2.24, 2.45) is 0 Å². The van der Waals surface area contributed by atoms with E-state index in [4.69, 9.17) is 4.84 Å². The molecule has 0 radical (unpaired) electrons. The van der Waals surface area contributed by atoms with Crippen molar-refractivity contribution in [3.63, 3.8) is 0 Å². The van der Waals surface area contributed by atoms with Crippen LogP contribution in [0.15, 0.2) is 133 Å². The summed E-state index contributed by atoms with van der Waals surface area (Å²) < 4.78 is 5.79. The number of fused-ring (bicyclic) bond motifs is 2. The van der Waals surface area contributed by atoms with Gasteiger partial charge < -0.3 is 9.13 Å². The second-order valence-corrected chi connectivity index (χ2v) is 14.0. The van der Waals surface area contributed by atoms with Crippen molar-refractivity contribution in [3.05, 3.63) is 172 Å². The van der Waals surface area contributed by atoms with Crippen molar-refractivity contribution in [2.45, 2.75) is 13.1 Å². The number of hydrogen-bond donors (Lipinski definition) is 0. The lowest BCUT2D eigenvalue weighted by atomic mass is 10.1. The maximum absolute atomic E-state index is 12.9. The molecule has 0 aliphatic rings. The number of carbonyl (C=O) groups is 2. The van der Waals surface area contributed by atoms with E-state index in [1.807, 2.05) is 69.8 Å². The molecule has 0 atom stereocenters. The van der Waals surface area contributed by atoms with E-state index in [1.54, 1.807) is 36.7 Å². The van der Waals surface area contributed by atoms with Gasteiger partial charge in [0.15, 0.2) is 0 Å². The maximum atomic E-state index is 12.9. The van der Waals surface area contributed by atoms with Gasteiger partial charge in [0, 0.05) is 42.6 Å². The largest absolute Gasteiger partial charge is 0.340 e. The fourth-order valence-electron chi connectivity index (χ4n) is 5.49. The molecule has 0 aliphatic carbocycles. The number of halogens is 3. The van der Waals surface area contributed by atoms with Gasteiger partial charge >= 0.3 is 0 Å². The highest BCUT2D eigenvalue weighted by atomic mass is 79.9. The first-order valence-corrected chi connectivity index (χ1v) is 18.2. The predicted molar refractivity (Wildman–Crippen MR) is 211 cm³/mol. The number of amides is 1. The summed E-state index contributed by atoms with van der Waals surface area (Å²) in [6, 6.07) is 25.6. The van der Waals surface area contributed by atoms with Gasteiger partial charge in [0.05, 0.1) is 52.7 Å². The molecule has 0 aliphatic heterocycles. The number of nitrogens with zero attached hydrogens (tertiary/aromatic N) is 7. The summed E-state index contributed by atoms with van der Waals surface area (Å²) in [6.45, 7) is 0.832. The molecule has 7 rings (SSSR count). The van der Waals surface area contributed by atoms with E-state index in [-0.39, 0.29) is 27.8 Å². The molecular formula is C38H28Br3N7O5. The summed E-state index contributed by atoms with van der Waals surface area (Å²) in [5.74, 6) is -1.03. The smallest absolute Gasteiger partial charge is 0.282 e. The lowest BCUT2D eigenvalue weighted by Gasteiger charge is -2.16. The SMILES string of the molecule is CON(C)C(=O)c1cn(Cc2cccc(Br)n2)c2ccccc2c1=O.O=C(c1ncc(Br)cn1)c1cn(Cc2cccc(Br)n2)c2ccccc2c1=O. The summed E-state index contributed by atoms with van der Waals surface area (Å²) in [5, 5.41) is 1.97. The van der Waals surface area contributed by atoms with Crippen LogP contribution in [-0.4, -0.2) is 60.0 Å². The lowest BCUT2D eigenvalue weighted by Crippen LogP contribution is -2.31. The lowest BCUT2D eigenvalue weighted by molar-refractivity contribution is -0.0758. The van der Waals surface area contributed by atoms with Gasteiger partial charge in [0.2, 0.25) is 22.5 Å². The number of rotatable bonds is 8. The summed E-state index contributed by atoms with van der Waals surface area (Å²) in [5.41, 5.74) is 2.49. The molecule has 0 bridgehead atoms. The van der Waals surface area contributed by atoms with Gasteiger partial charge in [0.25, 0.3) is 5.91 Å². The van der Waals surface area contributed by atoms with Gasteiger partial charge in [-0.1, -0.05) is 36.4 Å². The number of ketones is 1. The fourth-order valence-corrected chi connectivity index (χ4v) is 6.46. The Morgan fingerprint density at radius 2 is 1.15 bits per heavy atom. The first kappa shape index (κ1) is 37.5. The Kier molecular flexibility index (Phi) is 11.8. The number of hydroxylamine groups is 2. The monoisotopic (exact) mass is 899 g/mol. The van der Waals surface area contributed by atoms with E-state index in [9.17, 15) is 19.2 Å². The minimum atomic E-state index is -0.515. The Labute approximate surface area is 327 Å². The van der Waals surface area contributed by atoms with Crippen LogP contribution in [0.2, 0.25) is 0 Å². The molecule has 1 amide bonds. The van der Waals surface area contributed by atoms with E-state index in [0.717, 1.165) is 36.7 Å². The molecule has 266 valence electrons. The van der Waals surface area contributed by atoms with Crippen LogP contribution in [0.4, 0.5) is 0 Å². The van der Waals surface area contributed by atoms with Gasteiger partial charge in [-0.05, 0) is 96.3 Å². The van der Waals surface area contributed by atoms with Crippen LogP contribution >= 0.6 is 47.8 Å². The van der Waals surface area contributed by atoms with Crippen molar-refractivity contribution < 1.29 is 14.4 Å². The average molecular weight is 902 g/mol. The third-order valence-corrected chi connectivity index (χ3v) is 9.34. The third-order valence-electron chi connectivity index (χ3n) is 8.04. The highest BCUT2D eigenvalue weighted by Crippen LogP contribution is 2.18. The summed E-state index contributed by atoms with van der Waals surface area (Å²) in [4.78, 5) is 72.9. The number of carbonyl (C=O) groups excluding carboxylic acids is 2. The van der Waals surface area contributed by atoms with Crippen LogP contribution in [-0.2, 0) is 17.9 Å². The van der Waals surface area contributed by atoms with E-state index in [2.05, 4.69) is 67.7 Å². The number of pyridine rings is 4. The molecule has 2 aromatic carbocycles. The second kappa shape index (κ2) is 16.6. The minimum Gasteiger partial charge on any atom is -0.340 e. The summed E-state index contributed by atoms with van der Waals surface area (Å²) in [7, 11) is 2.85. The number of benzene rings is 2. The van der Waals surface area contributed by atoms with Crippen molar-refractivity contribution in [3.8, 4) is 0 Å². The zero-order valence-electron chi connectivity index (χ0n) is 28.1. The second-order valence-electron chi connectivity index (χ2n) is 11.5. The van der Waals surface area contributed by atoms with Crippen LogP contribution < -0.4 is 10.9 Å². The molecule has 0 unspecified atom stereocenters. The zero-order valence-corrected chi connectivity index (χ0v) is 32.9. The molecule has 5 heterocycles. The van der Waals surface area contributed by atoms with Gasteiger partial charge in [-0.2, -0.15) is 0 Å². The molecule has 0 N–H and O–H groups in total. The van der Waals surface area contributed by atoms with Crippen LogP contribution in [0, 0.1) is 0 Å². The van der Waals surface area contributed by atoms with Crippen LogP contribution in [0.5, 0.6) is 0 Å². The number of hydrogen-bond acceptors (Lipinski definition) is 9. The van der Waals surface area contributed by atoms with Gasteiger partial charge in [-0.15, -0.1) is 0 Å². The minimum absolute atomic E-state index is 0.0241. The molecule has 7 aromatic rings. The van der Waals surface area contributed by atoms with E-state index >= 15 is 0 Å². The first-order chi connectivity index (χ1) is 25.5. The van der Waals surface area contributed by atoms with Crippen molar-refractivity contribution in [1.82, 2.24) is 34.1 Å². The molecule has 0 spiro atoms. The molecular weight excluding hydrogens is 874 g/mol. The van der Waals surface area contributed by atoms with Crippen LogP contribution in [0.3, 0.4) is 0 Å². The zero-order chi connectivity index (χ0) is 37.6. The molecule has 5 aromatic heterocycles. The first-order valence-electron chi connectivity index (χ1n) is 15.9. The van der Waals surface area contributed by atoms with E-state index < -0.39 is 11.7 Å². The fraction of sp³-hybridized carbons (Fsp3) is 0.105. The molecule has 15 heteroatoms. The predicted octanol–water partition coefficient (Wildman–Crippen LogP) is 6.83. The van der Waals surface area contributed by atoms with E-state index in [1.165, 1.54) is 26.6 Å². The Hall–Kier alpha value is -5.22. The number of para-hydroxylation sites is 2. The molecule has 53 heavy (non-hydrogen) atoms. The van der Waals surface area contributed by atoms with Crippen LogP contribution in [0.1, 0.15) is 37.9 Å². The van der Waals surface area contributed by atoms with E-state index in [0.29, 0.717) is 28.3 Å². The van der Waals surface area contributed by atoms with Gasteiger partial charge in [0.1, 0.15) is 14.8 Å². The standard InChI is InChI=1S/C20H12Br2N4O2.C18H16BrN3O3/c21-12-8-23-20(24-9-12)19(28)15-11-26(10-13-4-3-7-17(22)25-13)16-6-2-1-5-14(16)18(15)27;1-21(25-2)18(24)14-11-22(10-12-6-5-9-16(19)20-12)15-8-4-3-7-13(15)17(14)23/h1-9,11H,10H2;3-9,11H,10H2,1-2H3. The normalized spacial score (nSPS) is 10.9. The Balaban J connectivity index is 0.000000183. The topological polar surface area (TPSA) is 142 Å². The van der Waals surface area contributed by atoms with Crippen molar-refractivity contribution >= 4 is 81.3 Å². The van der Waals surface area contributed by atoms with Crippen molar-refractivity contribution in [2.75, 3.05) is 14.2 Å². The average Bonchev–Trinajstić information content (AvgIpc) is 3.17. The number of aromatic nitrogens is 6. The maximum Gasteiger partial charge on any atom is 0.282 e. The third kappa shape index (κ3) is 8.54. The van der Waals surface area contributed by atoms with Crippen molar-refractivity contribution in [1.29, 1.82) is 0 Å². The quantitative estimate of drug-likeness (QED) is 0.0912.